The standard InChI is InChI=1S/C8H6O6/c9-5-1-3(7(11)13-5)4-2-6(10)14-8(4)12/h3-4H,1-2H2/t3-,4+. The van der Waals surface area contributed by atoms with Crippen molar-refractivity contribution in [3.63, 3.8) is 0 Å². The van der Waals surface area contributed by atoms with E-state index in [2.05, 4.69) is 9.47 Å². The minimum absolute atomic E-state index is 0.147. The fraction of sp³-hybridized carbons (Fsp3) is 0.500. The van der Waals surface area contributed by atoms with Crippen molar-refractivity contribution in [2.75, 3.05) is 0 Å². The highest BCUT2D eigenvalue weighted by Crippen LogP contribution is 2.31. The van der Waals surface area contributed by atoms with Crippen LogP contribution in [0.1, 0.15) is 12.8 Å². The molecule has 0 amide bonds. The van der Waals surface area contributed by atoms with Crippen molar-refractivity contribution in [1.82, 2.24) is 0 Å². The van der Waals surface area contributed by atoms with Gasteiger partial charge in [0.25, 0.3) is 0 Å². The van der Waals surface area contributed by atoms with E-state index >= 15 is 0 Å². The summed E-state index contributed by atoms with van der Waals surface area (Å²) in [5.41, 5.74) is 0. The van der Waals surface area contributed by atoms with E-state index in [-0.39, 0.29) is 12.8 Å². The van der Waals surface area contributed by atoms with Gasteiger partial charge in [0, 0.05) is 0 Å². The molecule has 2 aliphatic rings. The van der Waals surface area contributed by atoms with Gasteiger partial charge >= 0.3 is 23.9 Å². The first-order chi connectivity index (χ1) is 6.58. The van der Waals surface area contributed by atoms with E-state index in [0.717, 1.165) is 0 Å². The fourth-order valence-corrected chi connectivity index (χ4v) is 1.60. The quantitative estimate of drug-likeness (QED) is 0.403. The van der Waals surface area contributed by atoms with Crippen LogP contribution < -0.4 is 0 Å². The van der Waals surface area contributed by atoms with E-state index in [4.69, 9.17) is 0 Å². The van der Waals surface area contributed by atoms with E-state index < -0.39 is 35.7 Å². The molecule has 0 unspecified atom stereocenters. The number of esters is 4. The maximum atomic E-state index is 11.1. The summed E-state index contributed by atoms with van der Waals surface area (Å²) in [6.45, 7) is 0. The molecule has 6 nitrogen and oxygen atoms in total. The van der Waals surface area contributed by atoms with Crippen molar-refractivity contribution in [3.8, 4) is 0 Å². The molecule has 0 saturated carbocycles. The monoisotopic (exact) mass is 198 g/mol. The molecule has 0 radical (unpaired) electrons. The van der Waals surface area contributed by atoms with Gasteiger partial charge in [-0.05, 0) is 0 Å². The number of rotatable bonds is 1. The van der Waals surface area contributed by atoms with Crippen LogP contribution in [-0.2, 0) is 28.7 Å². The zero-order valence-corrected chi connectivity index (χ0v) is 7.02. The van der Waals surface area contributed by atoms with Crippen LogP contribution in [0.2, 0.25) is 0 Å². The molecular weight excluding hydrogens is 192 g/mol. The van der Waals surface area contributed by atoms with Gasteiger partial charge in [0.05, 0.1) is 24.7 Å². The van der Waals surface area contributed by atoms with Crippen LogP contribution in [0.15, 0.2) is 0 Å². The smallest absolute Gasteiger partial charge is 0.318 e. The average Bonchev–Trinajstić information content (AvgIpc) is 2.55. The summed E-state index contributed by atoms with van der Waals surface area (Å²) in [6.07, 6.45) is -0.294. The molecule has 0 N–H and O–H groups in total. The zero-order valence-electron chi connectivity index (χ0n) is 7.02. The summed E-state index contributed by atoms with van der Waals surface area (Å²) in [5.74, 6) is -4.50. The Hall–Kier alpha value is -1.72. The second kappa shape index (κ2) is 2.90. The lowest BCUT2D eigenvalue weighted by Gasteiger charge is -2.06. The van der Waals surface area contributed by atoms with Crippen molar-refractivity contribution >= 4 is 23.9 Å². The Balaban J connectivity index is 2.16. The lowest BCUT2D eigenvalue weighted by Crippen LogP contribution is -2.23. The molecule has 2 heterocycles. The molecule has 2 rings (SSSR count). The summed E-state index contributed by atoms with van der Waals surface area (Å²) in [5, 5.41) is 0. The van der Waals surface area contributed by atoms with Crippen LogP contribution in [0.3, 0.4) is 0 Å². The normalized spacial score (nSPS) is 32.0. The van der Waals surface area contributed by atoms with Gasteiger partial charge in [-0.1, -0.05) is 0 Å². The molecule has 2 atom stereocenters. The highest BCUT2D eigenvalue weighted by atomic mass is 16.6. The molecule has 2 fully saturated rings. The van der Waals surface area contributed by atoms with Crippen molar-refractivity contribution in [2.45, 2.75) is 12.8 Å². The van der Waals surface area contributed by atoms with Gasteiger partial charge in [-0.3, -0.25) is 19.2 Å². The van der Waals surface area contributed by atoms with Crippen molar-refractivity contribution in [3.05, 3.63) is 0 Å². The first kappa shape index (κ1) is 8.86. The van der Waals surface area contributed by atoms with Gasteiger partial charge in [-0.2, -0.15) is 0 Å². The Bertz CT molecular complexity index is 310. The lowest BCUT2D eigenvalue weighted by atomic mass is 9.90. The third-order valence-corrected chi connectivity index (χ3v) is 2.29. The summed E-state index contributed by atoms with van der Waals surface area (Å²) in [4.78, 5) is 43.6. The third-order valence-electron chi connectivity index (χ3n) is 2.29. The van der Waals surface area contributed by atoms with Gasteiger partial charge in [-0.15, -0.1) is 0 Å². The molecule has 74 valence electrons. The van der Waals surface area contributed by atoms with Gasteiger partial charge in [0.1, 0.15) is 0 Å². The summed E-state index contributed by atoms with van der Waals surface area (Å²) in [6, 6.07) is 0. The fourth-order valence-electron chi connectivity index (χ4n) is 1.60. The molecule has 0 spiro atoms. The maximum absolute atomic E-state index is 11.1. The van der Waals surface area contributed by atoms with Crippen LogP contribution >= 0.6 is 0 Å². The van der Waals surface area contributed by atoms with E-state index in [0.29, 0.717) is 0 Å². The highest BCUT2D eigenvalue weighted by molar-refractivity contribution is 6.01. The molecule has 2 aliphatic heterocycles. The summed E-state index contributed by atoms with van der Waals surface area (Å²) < 4.78 is 8.55. The molecule has 0 aromatic heterocycles. The predicted octanol–water partition coefficient (Wildman–Crippen LogP) is -0.834. The van der Waals surface area contributed by atoms with Gasteiger partial charge < -0.3 is 9.47 Å². The van der Waals surface area contributed by atoms with Gasteiger partial charge in [0.15, 0.2) is 0 Å². The SMILES string of the molecule is O=C1C[C@@H]([C@H]2CC(=O)OC2=O)C(=O)O1. The molecule has 14 heavy (non-hydrogen) atoms. The van der Waals surface area contributed by atoms with Gasteiger partial charge in [0.2, 0.25) is 0 Å². The molecule has 0 bridgehead atoms. The Morgan fingerprint density at radius 3 is 1.36 bits per heavy atom. The number of hydrogen-bond acceptors (Lipinski definition) is 6. The largest absolute Gasteiger partial charge is 0.393 e. The second-order valence-corrected chi connectivity index (χ2v) is 3.21. The van der Waals surface area contributed by atoms with Gasteiger partial charge in [-0.25, -0.2) is 0 Å². The number of carbonyl (C=O) groups excluding carboxylic acids is 4. The lowest BCUT2D eigenvalue weighted by molar-refractivity contribution is -0.158. The molecular formula is C8H6O6. The molecule has 0 aromatic carbocycles. The second-order valence-electron chi connectivity index (χ2n) is 3.21. The van der Waals surface area contributed by atoms with Crippen molar-refractivity contribution in [1.29, 1.82) is 0 Å². The number of hydrogen-bond donors (Lipinski definition) is 0. The van der Waals surface area contributed by atoms with Crippen molar-refractivity contribution < 1.29 is 28.7 Å². The number of cyclic esters (lactones) is 4. The topological polar surface area (TPSA) is 86.7 Å². The number of ether oxygens (including phenoxy) is 2. The third kappa shape index (κ3) is 1.28. The minimum Gasteiger partial charge on any atom is -0.393 e. The Labute approximate surface area is 78.2 Å². The van der Waals surface area contributed by atoms with Crippen LogP contribution in [0.4, 0.5) is 0 Å². The van der Waals surface area contributed by atoms with E-state index in [1.807, 2.05) is 0 Å². The molecule has 6 heteroatoms. The van der Waals surface area contributed by atoms with E-state index in [1.165, 1.54) is 0 Å². The Morgan fingerprint density at radius 1 is 0.786 bits per heavy atom. The van der Waals surface area contributed by atoms with Crippen molar-refractivity contribution in [2.24, 2.45) is 11.8 Å². The zero-order chi connectivity index (χ0) is 10.3. The average molecular weight is 198 g/mol. The molecule has 2 saturated heterocycles. The summed E-state index contributed by atoms with van der Waals surface area (Å²) >= 11 is 0. The van der Waals surface area contributed by atoms with Crippen LogP contribution in [-0.4, -0.2) is 23.9 Å². The van der Waals surface area contributed by atoms with E-state index in [9.17, 15) is 19.2 Å². The highest BCUT2D eigenvalue weighted by Gasteiger charge is 2.48. The maximum Gasteiger partial charge on any atom is 0.318 e. The van der Waals surface area contributed by atoms with Crippen LogP contribution in [0.25, 0.3) is 0 Å². The first-order valence-electron chi connectivity index (χ1n) is 4.07. The Kier molecular flexibility index (Phi) is 1.83. The van der Waals surface area contributed by atoms with E-state index in [1.54, 1.807) is 0 Å². The molecule has 0 aliphatic carbocycles. The number of carbonyl (C=O) groups is 4. The molecule has 0 aromatic rings. The first-order valence-corrected chi connectivity index (χ1v) is 4.07. The predicted molar refractivity (Wildman–Crippen MR) is 38.4 cm³/mol. The minimum atomic E-state index is -0.846. The van der Waals surface area contributed by atoms with Crippen LogP contribution in [0, 0.1) is 11.8 Å². The Morgan fingerprint density at radius 2 is 1.14 bits per heavy atom. The summed E-state index contributed by atoms with van der Waals surface area (Å²) in [7, 11) is 0. The van der Waals surface area contributed by atoms with Crippen LogP contribution in [0.5, 0.6) is 0 Å².